The van der Waals surface area contributed by atoms with Crippen molar-refractivity contribution in [2.75, 3.05) is 39.9 Å². The topological polar surface area (TPSA) is 101 Å². The van der Waals surface area contributed by atoms with Gasteiger partial charge in [0.25, 0.3) is 0 Å². The van der Waals surface area contributed by atoms with E-state index in [1.807, 2.05) is 49.1 Å². The molecule has 0 bridgehead atoms. The molecule has 35 heavy (non-hydrogen) atoms. The summed E-state index contributed by atoms with van der Waals surface area (Å²) in [4.78, 5) is 19.6. The third-order valence-electron chi connectivity index (χ3n) is 6.38. The minimum Gasteiger partial charge on any atom is -0.494 e. The molecule has 3 aromatic rings. The number of hydrogen-bond donors (Lipinski definition) is 1. The molecule has 9 nitrogen and oxygen atoms in total. The molecule has 2 N–H and O–H groups in total. The summed E-state index contributed by atoms with van der Waals surface area (Å²) in [5.74, 6) is 2.92. The van der Waals surface area contributed by atoms with Gasteiger partial charge < -0.3 is 29.6 Å². The predicted molar refractivity (Wildman–Crippen MR) is 136 cm³/mol. The van der Waals surface area contributed by atoms with E-state index in [0.29, 0.717) is 54.0 Å². The molecule has 2 aromatic carbocycles. The summed E-state index contributed by atoms with van der Waals surface area (Å²) in [7, 11) is 6.42. The average molecular weight is 481 g/mol. The summed E-state index contributed by atoms with van der Waals surface area (Å²) in [5, 5.41) is 0. The summed E-state index contributed by atoms with van der Waals surface area (Å²) in [6.45, 7) is 4.78. The maximum absolute atomic E-state index is 13.3. The van der Waals surface area contributed by atoms with E-state index in [9.17, 15) is 4.79 Å². The second kappa shape index (κ2) is 9.87. The van der Waals surface area contributed by atoms with Crippen molar-refractivity contribution in [3.63, 3.8) is 0 Å². The zero-order valence-corrected chi connectivity index (χ0v) is 21.0. The molecule has 1 atom stereocenters. The summed E-state index contributed by atoms with van der Waals surface area (Å²) < 4.78 is 24.1. The number of ether oxygens (including phenoxy) is 4. The predicted octanol–water partition coefficient (Wildman–Crippen LogP) is 3.29. The lowest BCUT2D eigenvalue weighted by Gasteiger charge is -2.33. The van der Waals surface area contributed by atoms with Crippen molar-refractivity contribution in [3.05, 3.63) is 51.9 Å². The molecule has 1 aliphatic heterocycles. The maximum Gasteiger partial charge on any atom is 0.350 e. The van der Waals surface area contributed by atoms with Gasteiger partial charge in [-0.05, 0) is 55.7 Å². The van der Waals surface area contributed by atoms with Gasteiger partial charge in [-0.2, -0.15) is 4.98 Å². The molecule has 0 radical (unpaired) electrons. The minimum atomic E-state index is -0.336. The number of fused-ring (bicyclic) bond motifs is 3. The molecule has 1 aliphatic rings. The summed E-state index contributed by atoms with van der Waals surface area (Å²) in [6.07, 6.45) is 0.687. The highest BCUT2D eigenvalue weighted by Crippen LogP contribution is 2.44. The number of anilines is 2. The largest absolute Gasteiger partial charge is 0.494 e. The van der Waals surface area contributed by atoms with Gasteiger partial charge in [0.05, 0.1) is 34.1 Å². The third-order valence-corrected chi connectivity index (χ3v) is 6.38. The van der Waals surface area contributed by atoms with E-state index in [1.165, 1.54) is 0 Å². The number of benzene rings is 2. The van der Waals surface area contributed by atoms with Gasteiger partial charge in [0.2, 0.25) is 0 Å². The number of nitrogens with zero attached hydrogens (tertiary/aromatic N) is 3. The van der Waals surface area contributed by atoms with Crippen molar-refractivity contribution in [1.82, 2.24) is 9.55 Å². The van der Waals surface area contributed by atoms with E-state index in [4.69, 9.17) is 24.7 Å². The Morgan fingerprint density at radius 1 is 0.971 bits per heavy atom. The summed E-state index contributed by atoms with van der Waals surface area (Å²) >= 11 is 0. The molecule has 186 valence electrons. The van der Waals surface area contributed by atoms with E-state index in [2.05, 4.69) is 4.98 Å². The molecule has 9 heteroatoms. The maximum atomic E-state index is 13.3. The van der Waals surface area contributed by atoms with Gasteiger partial charge in [0.15, 0.2) is 11.5 Å². The van der Waals surface area contributed by atoms with E-state index in [-0.39, 0.29) is 11.7 Å². The Balaban J connectivity index is 1.98. The highest BCUT2D eigenvalue weighted by molar-refractivity contribution is 5.78. The molecular weight excluding hydrogens is 448 g/mol. The highest BCUT2D eigenvalue weighted by Gasteiger charge is 2.28. The molecule has 0 spiro atoms. The molecule has 1 unspecified atom stereocenters. The lowest BCUT2D eigenvalue weighted by molar-refractivity contribution is 0.354. The second-order valence-electron chi connectivity index (χ2n) is 8.52. The lowest BCUT2D eigenvalue weighted by Crippen LogP contribution is -2.38. The van der Waals surface area contributed by atoms with Gasteiger partial charge in [0.1, 0.15) is 23.0 Å². The molecular formula is C26H32N4O5. The average Bonchev–Trinajstić information content (AvgIpc) is 2.87. The first kappa shape index (κ1) is 24.4. The van der Waals surface area contributed by atoms with Crippen molar-refractivity contribution in [1.29, 1.82) is 0 Å². The Morgan fingerprint density at radius 2 is 1.57 bits per heavy atom. The number of aryl methyl sites for hydroxylation is 2. The van der Waals surface area contributed by atoms with Crippen LogP contribution >= 0.6 is 0 Å². The van der Waals surface area contributed by atoms with Crippen LogP contribution in [0.3, 0.4) is 0 Å². The normalized spacial score (nSPS) is 12.9. The van der Waals surface area contributed by atoms with Gasteiger partial charge in [-0.15, -0.1) is 0 Å². The second-order valence-corrected chi connectivity index (χ2v) is 8.52. The van der Waals surface area contributed by atoms with Crippen LogP contribution in [0.5, 0.6) is 23.0 Å². The van der Waals surface area contributed by atoms with Crippen LogP contribution in [0.25, 0.3) is 11.3 Å². The molecule has 0 aliphatic carbocycles. The van der Waals surface area contributed by atoms with Crippen molar-refractivity contribution < 1.29 is 18.9 Å². The van der Waals surface area contributed by atoms with Crippen molar-refractivity contribution in [3.8, 4) is 34.3 Å². The Hall–Kier alpha value is -3.72. The monoisotopic (exact) mass is 480 g/mol. The van der Waals surface area contributed by atoms with Gasteiger partial charge in [-0.3, -0.25) is 4.57 Å². The molecule has 1 aromatic heterocycles. The van der Waals surface area contributed by atoms with Crippen LogP contribution in [0.15, 0.2) is 35.1 Å². The molecule has 0 saturated heterocycles. The first-order valence-electron chi connectivity index (χ1n) is 11.5. The highest BCUT2D eigenvalue weighted by atomic mass is 16.5. The van der Waals surface area contributed by atoms with Crippen LogP contribution in [0.4, 0.5) is 11.5 Å². The quantitative estimate of drug-likeness (QED) is 0.524. The van der Waals surface area contributed by atoms with E-state index >= 15 is 0 Å². The van der Waals surface area contributed by atoms with Crippen LogP contribution in [0.1, 0.15) is 18.1 Å². The zero-order valence-electron chi connectivity index (χ0n) is 21.0. The number of hydrogen-bond acceptors (Lipinski definition) is 8. The Morgan fingerprint density at radius 3 is 2.14 bits per heavy atom. The first-order valence-corrected chi connectivity index (χ1v) is 11.5. The summed E-state index contributed by atoms with van der Waals surface area (Å²) in [5.41, 5.74) is 10.2. The number of methoxy groups -OCH3 is 4. The van der Waals surface area contributed by atoms with Crippen molar-refractivity contribution >= 4 is 11.5 Å². The molecule has 0 saturated carbocycles. The van der Waals surface area contributed by atoms with Gasteiger partial charge in [0, 0.05) is 30.8 Å². The van der Waals surface area contributed by atoms with E-state index in [0.717, 1.165) is 22.4 Å². The van der Waals surface area contributed by atoms with Gasteiger partial charge >= 0.3 is 5.69 Å². The fourth-order valence-corrected chi connectivity index (χ4v) is 4.58. The zero-order chi connectivity index (χ0) is 25.3. The van der Waals surface area contributed by atoms with E-state index in [1.54, 1.807) is 33.0 Å². The molecule has 4 rings (SSSR count). The van der Waals surface area contributed by atoms with E-state index < -0.39 is 0 Å². The SMILES string of the molecule is COc1cc2c(cc1OC)-c1cc(N(c3c(OC)cc(C)cc3OC)C(C)CN)nc(=O)n1CC2. The van der Waals surface area contributed by atoms with Gasteiger partial charge in [-0.25, -0.2) is 4.79 Å². The Labute approximate surface area is 205 Å². The third kappa shape index (κ3) is 4.27. The van der Waals surface area contributed by atoms with Gasteiger partial charge in [-0.1, -0.05) is 0 Å². The lowest BCUT2D eigenvalue weighted by atomic mass is 9.96. The Kier molecular flexibility index (Phi) is 6.88. The summed E-state index contributed by atoms with van der Waals surface area (Å²) in [6, 6.07) is 9.43. The van der Waals surface area contributed by atoms with Crippen LogP contribution in [0.2, 0.25) is 0 Å². The van der Waals surface area contributed by atoms with Crippen LogP contribution in [0, 0.1) is 6.92 Å². The fraction of sp³-hybridized carbons (Fsp3) is 0.385. The van der Waals surface area contributed by atoms with Crippen LogP contribution in [-0.4, -0.2) is 50.6 Å². The van der Waals surface area contributed by atoms with Crippen LogP contribution in [-0.2, 0) is 13.0 Å². The smallest absolute Gasteiger partial charge is 0.350 e. The first-order chi connectivity index (χ1) is 16.9. The number of rotatable bonds is 8. The Bertz CT molecular complexity index is 1280. The van der Waals surface area contributed by atoms with Crippen molar-refractivity contribution in [2.45, 2.75) is 32.9 Å². The number of nitrogens with two attached hydrogens (primary N) is 1. The minimum absolute atomic E-state index is 0.205. The fourth-order valence-electron chi connectivity index (χ4n) is 4.58. The molecule has 0 fully saturated rings. The van der Waals surface area contributed by atoms with Crippen LogP contribution < -0.4 is 35.3 Å². The van der Waals surface area contributed by atoms with Crippen molar-refractivity contribution in [2.24, 2.45) is 5.73 Å². The standard InChI is InChI=1S/C26H32N4O5/c1-15-9-22(34-5)25(23(10-15)35-6)30(16(2)14-27)24-13-19-18-12-21(33-4)20(32-3)11-17(18)7-8-29(19)26(31)28-24/h9-13,16H,7-8,14,27H2,1-6H3. The number of aromatic nitrogens is 2. The molecule has 0 amide bonds. The molecule has 2 heterocycles.